The lowest BCUT2D eigenvalue weighted by atomic mass is 9.98. The molecule has 0 amide bonds. The number of aromatic nitrogens is 2. The standard InChI is InChI=1S/C14H24N4/c1-3-7-15-10-13-5-4-9-18(11-13)14-16-8-6-12(2)17-14/h6,8,13,15H,3-5,7,9-11H2,1-2H3. The van der Waals surface area contributed by atoms with Gasteiger partial charge in [-0.25, -0.2) is 9.97 Å². The van der Waals surface area contributed by atoms with Gasteiger partial charge < -0.3 is 10.2 Å². The van der Waals surface area contributed by atoms with Crippen LogP contribution in [0.4, 0.5) is 5.95 Å². The molecule has 1 fully saturated rings. The van der Waals surface area contributed by atoms with Gasteiger partial charge in [-0.1, -0.05) is 6.92 Å². The molecule has 2 rings (SSSR count). The van der Waals surface area contributed by atoms with Crippen LogP contribution in [0.5, 0.6) is 0 Å². The maximum Gasteiger partial charge on any atom is 0.225 e. The van der Waals surface area contributed by atoms with Crippen molar-refractivity contribution >= 4 is 5.95 Å². The van der Waals surface area contributed by atoms with Crippen molar-refractivity contribution < 1.29 is 0 Å². The largest absolute Gasteiger partial charge is 0.340 e. The molecular weight excluding hydrogens is 224 g/mol. The number of anilines is 1. The lowest BCUT2D eigenvalue weighted by Crippen LogP contribution is -2.40. The Bertz CT molecular complexity index is 367. The third kappa shape index (κ3) is 3.67. The van der Waals surface area contributed by atoms with Gasteiger partial charge in [0.1, 0.15) is 0 Å². The predicted molar refractivity (Wildman–Crippen MR) is 74.9 cm³/mol. The third-order valence-corrected chi connectivity index (χ3v) is 3.44. The van der Waals surface area contributed by atoms with Gasteiger partial charge in [-0.3, -0.25) is 0 Å². The van der Waals surface area contributed by atoms with E-state index in [1.165, 1.54) is 19.3 Å². The van der Waals surface area contributed by atoms with Gasteiger partial charge >= 0.3 is 0 Å². The molecule has 1 aliphatic heterocycles. The molecule has 0 aliphatic carbocycles. The Hall–Kier alpha value is -1.16. The Morgan fingerprint density at radius 2 is 2.39 bits per heavy atom. The van der Waals surface area contributed by atoms with E-state index in [2.05, 4.69) is 27.1 Å². The Kier molecular flexibility index (Phi) is 4.93. The van der Waals surface area contributed by atoms with E-state index in [-0.39, 0.29) is 0 Å². The van der Waals surface area contributed by atoms with E-state index in [0.717, 1.165) is 43.7 Å². The molecule has 2 heterocycles. The number of hydrogen-bond acceptors (Lipinski definition) is 4. The molecule has 1 aromatic heterocycles. The van der Waals surface area contributed by atoms with Gasteiger partial charge in [0.05, 0.1) is 0 Å². The van der Waals surface area contributed by atoms with E-state index < -0.39 is 0 Å². The topological polar surface area (TPSA) is 41.0 Å². The summed E-state index contributed by atoms with van der Waals surface area (Å²) in [6.45, 7) is 8.65. The summed E-state index contributed by atoms with van der Waals surface area (Å²) in [6, 6.07) is 1.95. The molecule has 0 aromatic carbocycles. The molecule has 4 nitrogen and oxygen atoms in total. The van der Waals surface area contributed by atoms with Crippen LogP contribution in [-0.4, -0.2) is 36.1 Å². The second-order valence-corrected chi connectivity index (χ2v) is 5.16. The number of rotatable bonds is 5. The van der Waals surface area contributed by atoms with Crippen LogP contribution in [0.2, 0.25) is 0 Å². The van der Waals surface area contributed by atoms with Gasteiger partial charge in [0, 0.05) is 25.0 Å². The minimum Gasteiger partial charge on any atom is -0.340 e. The summed E-state index contributed by atoms with van der Waals surface area (Å²) in [4.78, 5) is 11.2. The van der Waals surface area contributed by atoms with Crippen molar-refractivity contribution in [2.75, 3.05) is 31.1 Å². The van der Waals surface area contributed by atoms with Crippen molar-refractivity contribution in [2.45, 2.75) is 33.1 Å². The quantitative estimate of drug-likeness (QED) is 0.809. The maximum absolute atomic E-state index is 4.52. The van der Waals surface area contributed by atoms with E-state index in [1.54, 1.807) is 0 Å². The fourth-order valence-electron chi connectivity index (χ4n) is 2.48. The van der Waals surface area contributed by atoms with Crippen molar-refractivity contribution in [3.8, 4) is 0 Å². The van der Waals surface area contributed by atoms with Gasteiger partial charge in [0.2, 0.25) is 5.95 Å². The van der Waals surface area contributed by atoms with Crippen LogP contribution >= 0.6 is 0 Å². The normalized spacial score (nSPS) is 20.1. The molecule has 0 spiro atoms. The summed E-state index contributed by atoms with van der Waals surface area (Å²) in [5, 5.41) is 3.52. The van der Waals surface area contributed by atoms with E-state index >= 15 is 0 Å². The van der Waals surface area contributed by atoms with Crippen LogP contribution in [0, 0.1) is 12.8 Å². The second kappa shape index (κ2) is 6.69. The van der Waals surface area contributed by atoms with E-state index in [0.29, 0.717) is 0 Å². The number of hydrogen-bond donors (Lipinski definition) is 1. The van der Waals surface area contributed by atoms with E-state index in [4.69, 9.17) is 0 Å². The molecular formula is C14H24N4. The van der Waals surface area contributed by atoms with Crippen LogP contribution in [0.25, 0.3) is 0 Å². The van der Waals surface area contributed by atoms with Crippen molar-refractivity contribution in [3.63, 3.8) is 0 Å². The molecule has 0 saturated carbocycles. The van der Waals surface area contributed by atoms with E-state index in [9.17, 15) is 0 Å². The minimum absolute atomic E-state index is 0.731. The van der Waals surface area contributed by atoms with Crippen molar-refractivity contribution in [3.05, 3.63) is 18.0 Å². The third-order valence-electron chi connectivity index (χ3n) is 3.44. The zero-order valence-electron chi connectivity index (χ0n) is 11.5. The highest BCUT2D eigenvalue weighted by Gasteiger charge is 2.21. The summed E-state index contributed by atoms with van der Waals surface area (Å²) in [6.07, 6.45) is 5.63. The van der Waals surface area contributed by atoms with Gasteiger partial charge in [0.25, 0.3) is 0 Å². The number of piperidine rings is 1. The minimum atomic E-state index is 0.731. The van der Waals surface area contributed by atoms with Gasteiger partial charge in [-0.15, -0.1) is 0 Å². The molecule has 100 valence electrons. The molecule has 1 unspecified atom stereocenters. The summed E-state index contributed by atoms with van der Waals surface area (Å²) in [5.41, 5.74) is 1.05. The number of nitrogens with one attached hydrogen (secondary N) is 1. The van der Waals surface area contributed by atoms with Crippen LogP contribution in [-0.2, 0) is 0 Å². The van der Waals surface area contributed by atoms with Crippen molar-refractivity contribution in [1.29, 1.82) is 0 Å². The van der Waals surface area contributed by atoms with Gasteiger partial charge in [-0.05, 0) is 51.3 Å². The average molecular weight is 248 g/mol. The summed E-state index contributed by atoms with van der Waals surface area (Å²) in [5.74, 6) is 1.63. The smallest absolute Gasteiger partial charge is 0.225 e. The zero-order valence-corrected chi connectivity index (χ0v) is 11.5. The molecule has 0 bridgehead atoms. The molecule has 1 atom stereocenters. The predicted octanol–water partition coefficient (Wildman–Crippen LogP) is 2.00. The molecule has 1 aliphatic rings. The van der Waals surface area contributed by atoms with Crippen molar-refractivity contribution in [2.24, 2.45) is 5.92 Å². The lowest BCUT2D eigenvalue weighted by molar-refractivity contribution is 0.389. The summed E-state index contributed by atoms with van der Waals surface area (Å²) in [7, 11) is 0. The Morgan fingerprint density at radius 1 is 1.50 bits per heavy atom. The molecule has 1 aromatic rings. The SMILES string of the molecule is CCCNCC1CCCN(c2nccc(C)n2)C1. The van der Waals surface area contributed by atoms with E-state index in [1.807, 2.05) is 19.2 Å². The highest BCUT2D eigenvalue weighted by Crippen LogP contribution is 2.19. The van der Waals surface area contributed by atoms with Crippen molar-refractivity contribution in [1.82, 2.24) is 15.3 Å². The van der Waals surface area contributed by atoms with Crippen LogP contribution in [0.3, 0.4) is 0 Å². The molecule has 1 saturated heterocycles. The maximum atomic E-state index is 4.52. The van der Waals surface area contributed by atoms with Crippen LogP contribution in [0.15, 0.2) is 12.3 Å². The molecule has 18 heavy (non-hydrogen) atoms. The molecule has 4 heteroatoms. The first-order valence-corrected chi connectivity index (χ1v) is 7.05. The Morgan fingerprint density at radius 3 is 3.17 bits per heavy atom. The highest BCUT2D eigenvalue weighted by atomic mass is 15.3. The molecule has 1 N–H and O–H groups in total. The molecule has 0 radical (unpaired) electrons. The zero-order chi connectivity index (χ0) is 12.8. The second-order valence-electron chi connectivity index (χ2n) is 5.16. The number of aryl methyl sites for hydroxylation is 1. The van der Waals surface area contributed by atoms with Gasteiger partial charge in [-0.2, -0.15) is 0 Å². The lowest BCUT2D eigenvalue weighted by Gasteiger charge is -2.33. The first-order chi connectivity index (χ1) is 8.79. The fraction of sp³-hybridized carbons (Fsp3) is 0.714. The average Bonchev–Trinajstić information content (AvgIpc) is 2.39. The van der Waals surface area contributed by atoms with Gasteiger partial charge in [0.15, 0.2) is 0 Å². The summed E-state index contributed by atoms with van der Waals surface area (Å²) < 4.78 is 0. The monoisotopic (exact) mass is 248 g/mol. The van der Waals surface area contributed by atoms with Crippen LogP contribution in [0.1, 0.15) is 31.9 Å². The number of nitrogens with zero attached hydrogens (tertiary/aromatic N) is 3. The first kappa shape index (κ1) is 13.3. The first-order valence-electron chi connectivity index (χ1n) is 7.05. The summed E-state index contributed by atoms with van der Waals surface area (Å²) >= 11 is 0. The highest BCUT2D eigenvalue weighted by molar-refractivity contribution is 5.30. The fourth-order valence-corrected chi connectivity index (χ4v) is 2.48. The Balaban J connectivity index is 1.90. The Labute approximate surface area is 110 Å². The van der Waals surface area contributed by atoms with Crippen LogP contribution < -0.4 is 10.2 Å².